The summed E-state index contributed by atoms with van der Waals surface area (Å²) in [5.74, 6) is 0.778. The highest BCUT2D eigenvalue weighted by atomic mass is 32.1. The molecule has 7 heteroatoms. The van der Waals surface area contributed by atoms with Crippen molar-refractivity contribution < 1.29 is 14.3 Å². The van der Waals surface area contributed by atoms with Crippen molar-refractivity contribution in [3.63, 3.8) is 0 Å². The molecule has 1 saturated heterocycles. The van der Waals surface area contributed by atoms with E-state index in [0.29, 0.717) is 23.5 Å². The van der Waals surface area contributed by atoms with Crippen LogP contribution in [0.5, 0.6) is 5.75 Å². The molecule has 0 spiro atoms. The minimum Gasteiger partial charge on any atom is -0.497 e. The van der Waals surface area contributed by atoms with Gasteiger partial charge in [-0.2, -0.15) is 0 Å². The summed E-state index contributed by atoms with van der Waals surface area (Å²) in [6.07, 6.45) is 4.75. The monoisotopic (exact) mass is 435 g/mol. The number of amides is 2. The topological polar surface area (TPSA) is 71.5 Å². The molecule has 0 saturated carbocycles. The summed E-state index contributed by atoms with van der Waals surface area (Å²) in [6, 6.07) is 13.3. The van der Waals surface area contributed by atoms with Gasteiger partial charge in [-0.3, -0.25) is 14.6 Å². The van der Waals surface area contributed by atoms with Gasteiger partial charge in [-0.25, -0.2) is 0 Å². The third kappa shape index (κ3) is 4.77. The van der Waals surface area contributed by atoms with Gasteiger partial charge in [0, 0.05) is 42.0 Å². The molecule has 1 aromatic carbocycles. The fourth-order valence-electron chi connectivity index (χ4n) is 3.81. The molecule has 3 heterocycles. The van der Waals surface area contributed by atoms with Gasteiger partial charge >= 0.3 is 0 Å². The normalized spacial score (nSPS) is 14.3. The Morgan fingerprint density at radius 2 is 1.77 bits per heavy atom. The Labute approximate surface area is 185 Å². The van der Waals surface area contributed by atoms with Crippen molar-refractivity contribution >= 4 is 23.2 Å². The molecule has 160 valence electrons. The summed E-state index contributed by atoms with van der Waals surface area (Å²) in [5, 5.41) is 3.15. The van der Waals surface area contributed by atoms with Crippen molar-refractivity contribution in [1.82, 2.24) is 15.2 Å². The molecular weight excluding hydrogens is 410 g/mol. The van der Waals surface area contributed by atoms with Crippen LogP contribution in [0.4, 0.5) is 0 Å². The third-order valence-corrected chi connectivity index (χ3v) is 6.64. The van der Waals surface area contributed by atoms with Gasteiger partial charge < -0.3 is 15.0 Å². The molecule has 0 aliphatic carbocycles. The number of benzene rings is 1. The first-order valence-corrected chi connectivity index (χ1v) is 11.1. The molecule has 1 aliphatic rings. The first-order chi connectivity index (χ1) is 15.0. The minimum atomic E-state index is -0.0493. The van der Waals surface area contributed by atoms with E-state index < -0.39 is 0 Å². The largest absolute Gasteiger partial charge is 0.497 e. The van der Waals surface area contributed by atoms with Crippen LogP contribution in [0.15, 0.2) is 54.9 Å². The lowest BCUT2D eigenvalue weighted by Gasteiger charge is -2.32. The zero-order chi connectivity index (χ0) is 21.8. The Hall–Kier alpha value is -3.19. The highest BCUT2D eigenvalue weighted by molar-refractivity contribution is 7.14. The predicted octanol–water partition coefficient (Wildman–Crippen LogP) is 4.16. The highest BCUT2D eigenvalue weighted by Crippen LogP contribution is 2.32. The van der Waals surface area contributed by atoms with Crippen LogP contribution >= 0.6 is 11.3 Å². The summed E-state index contributed by atoms with van der Waals surface area (Å²) in [5.41, 5.74) is 2.78. The summed E-state index contributed by atoms with van der Waals surface area (Å²) < 4.78 is 5.22. The van der Waals surface area contributed by atoms with Gasteiger partial charge in [-0.1, -0.05) is 12.1 Å². The summed E-state index contributed by atoms with van der Waals surface area (Å²) in [4.78, 5) is 33.0. The fraction of sp³-hybridized carbons (Fsp3) is 0.292. The maximum Gasteiger partial charge on any atom is 0.261 e. The zero-order valence-corrected chi connectivity index (χ0v) is 18.4. The molecule has 31 heavy (non-hydrogen) atoms. The van der Waals surface area contributed by atoms with E-state index in [9.17, 15) is 9.59 Å². The molecular formula is C24H25N3O3S. The van der Waals surface area contributed by atoms with Crippen LogP contribution in [-0.2, 0) is 0 Å². The number of nitrogens with zero attached hydrogens (tertiary/aromatic N) is 2. The van der Waals surface area contributed by atoms with E-state index in [-0.39, 0.29) is 17.9 Å². The number of nitrogens with one attached hydrogen (secondary N) is 1. The molecule has 0 atom stereocenters. The van der Waals surface area contributed by atoms with Crippen molar-refractivity contribution in [2.75, 3.05) is 20.2 Å². The van der Waals surface area contributed by atoms with Gasteiger partial charge in [-0.05, 0) is 61.2 Å². The average Bonchev–Trinajstić information content (AvgIpc) is 3.21. The quantitative estimate of drug-likeness (QED) is 0.653. The molecule has 1 aliphatic heterocycles. The SMILES string of the molecule is COc1ccc(-c2cc(C(=O)NC3CCN(C(=O)c4ccncc4)CC3)sc2C)cc1. The number of aromatic nitrogens is 1. The number of rotatable bonds is 5. The number of likely N-dealkylation sites (tertiary alicyclic amines) is 1. The van der Waals surface area contributed by atoms with Crippen LogP contribution in [0.2, 0.25) is 0 Å². The zero-order valence-electron chi connectivity index (χ0n) is 17.6. The molecule has 2 amide bonds. The number of pyridine rings is 1. The lowest BCUT2D eigenvalue weighted by molar-refractivity contribution is 0.0698. The van der Waals surface area contributed by atoms with E-state index in [1.807, 2.05) is 42.2 Å². The second-order valence-corrected chi connectivity index (χ2v) is 8.84. The standard InChI is InChI=1S/C24H25N3O3S/c1-16-21(17-3-5-20(30-2)6-4-17)15-22(31-16)23(28)26-19-9-13-27(14-10-19)24(29)18-7-11-25-12-8-18/h3-8,11-12,15,19H,9-10,13-14H2,1-2H3,(H,26,28). The molecule has 1 fully saturated rings. The van der Waals surface area contributed by atoms with Crippen molar-refractivity contribution in [3.8, 4) is 16.9 Å². The molecule has 1 N–H and O–H groups in total. The van der Waals surface area contributed by atoms with E-state index in [4.69, 9.17) is 4.74 Å². The first-order valence-electron chi connectivity index (χ1n) is 10.3. The van der Waals surface area contributed by atoms with E-state index >= 15 is 0 Å². The number of carbonyl (C=O) groups excluding carboxylic acids is 2. The Bertz CT molecular complexity index is 1060. The molecule has 0 radical (unpaired) electrons. The molecule has 3 aromatic rings. The van der Waals surface area contributed by atoms with Gasteiger partial charge in [0.25, 0.3) is 11.8 Å². The number of methoxy groups -OCH3 is 1. The van der Waals surface area contributed by atoms with Crippen molar-refractivity contribution in [2.45, 2.75) is 25.8 Å². The molecule has 2 aromatic heterocycles. The number of piperidine rings is 1. The second-order valence-electron chi connectivity index (χ2n) is 7.58. The number of carbonyl (C=O) groups is 2. The fourth-order valence-corrected chi connectivity index (χ4v) is 4.76. The van der Waals surface area contributed by atoms with Gasteiger partial charge in [0.2, 0.25) is 0 Å². The number of hydrogen-bond acceptors (Lipinski definition) is 5. The van der Waals surface area contributed by atoms with E-state index in [1.165, 1.54) is 11.3 Å². The van der Waals surface area contributed by atoms with Crippen molar-refractivity contribution in [2.24, 2.45) is 0 Å². The first kappa shape index (κ1) is 21.1. The lowest BCUT2D eigenvalue weighted by atomic mass is 10.0. The number of aryl methyl sites for hydroxylation is 1. The number of hydrogen-bond donors (Lipinski definition) is 1. The Morgan fingerprint density at radius 1 is 1.10 bits per heavy atom. The molecule has 0 unspecified atom stereocenters. The second kappa shape index (κ2) is 9.31. The van der Waals surface area contributed by atoms with Crippen LogP contribution in [0.3, 0.4) is 0 Å². The molecule has 4 rings (SSSR count). The number of thiophene rings is 1. The summed E-state index contributed by atoms with van der Waals surface area (Å²) in [7, 11) is 1.65. The summed E-state index contributed by atoms with van der Waals surface area (Å²) in [6.45, 7) is 3.30. The van der Waals surface area contributed by atoms with Crippen molar-refractivity contribution in [3.05, 3.63) is 70.2 Å². The van der Waals surface area contributed by atoms with Crippen LogP contribution in [0, 0.1) is 6.92 Å². The maximum atomic E-state index is 12.8. The summed E-state index contributed by atoms with van der Waals surface area (Å²) >= 11 is 1.50. The van der Waals surface area contributed by atoms with Crippen LogP contribution in [0.25, 0.3) is 11.1 Å². The van der Waals surface area contributed by atoms with Crippen LogP contribution in [0.1, 0.15) is 37.7 Å². The number of ether oxygens (including phenoxy) is 1. The van der Waals surface area contributed by atoms with Crippen LogP contribution < -0.4 is 10.1 Å². The highest BCUT2D eigenvalue weighted by Gasteiger charge is 2.25. The van der Waals surface area contributed by atoms with Crippen molar-refractivity contribution in [1.29, 1.82) is 0 Å². The van der Waals surface area contributed by atoms with E-state index in [2.05, 4.69) is 10.3 Å². The predicted molar refractivity (Wildman–Crippen MR) is 122 cm³/mol. The molecule has 0 bridgehead atoms. The van der Waals surface area contributed by atoms with E-state index in [0.717, 1.165) is 34.6 Å². The Kier molecular flexibility index (Phi) is 6.32. The average molecular weight is 436 g/mol. The van der Waals surface area contributed by atoms with Crippen LogP contribution in [-0.4, -0.2) is 47.9 Å². The van der Waals surface area contributed by atoms with Gasteiger partial charge in [0.1, 0.15) is 5.75 Å². The van der Waals surface area contributed by atoms with E-state index in [1.54, 1.807) is 31.6 Å². The smallest absolute Gasteiger partial charge is 0.261 e. The Balaban J connectivity index is 1.35. The van der Waals surface area contributed by atoms with Gasteiger partial charge in [-0.15, -0.1) is 11.3 Å². The van der Waals surface area contributed by atoms with Gasteiger partial charge in [0.05, 0.1) is 12.0 Å². The molecule has 6 nitrogen and oxygen atoms in total. The minimum absolute atomic E-state index is 0.0187. The Morgan fingerprint density at radius 3 is 2.42 bits per heavy atom. The maximum absolute atomic E-state index is 12.8. The third-order valence-electron chi connectivity index (χ3n) is 5.59. The van der Waals surface area contributed by atoms with Gasteiger partial charge in [0.15, 0.2) is 0 Å². The lowest BCUT2D eigenvalue weighted by Crippen LogP contribution is -2.46.